The molecule has 0 aliphatic carbocycles. The molecule has 12 heteroatoms. The molecule has 0 amide bonds. The number of halogens is 3. The first-order chi connectivity index (χ1) is 8.72. The summed E-state index contributed by atoms with van der Waals surface area (Å²) in [5.74, 6) is -0.740. The van der Waals surface area contributed by atoms with Crippen molar-refractivity contribution in [2.75, 3.05) is 12.9 Å². The van der Waals surface area contributed by atoms with Crippen molar-refractivity contribution in [2.45, 2.75) is 37.5 Å². The quantitative estimate of drug-likeness (QED) is 0.491. The fraction of sp³-hybridized carbons (Fsp3) is 1.00. The van der Waals surface area contributed by atoms with E-state index in [1.807, 2.05) is 17.2 Å². The zero-order valence-electron chi connectivity index (χ0n) is 11.3. The summed E-state index contributed by atoms with van der Waals surface area (Å²) >= 11 is 0. The van der Waals surface area contributed by atoms with E-state index in [9.17, 15) is 30.0 Å². The van der Waals surface area contributed by atoms with E-state index in [1.54, 1.807) is 0 Å². The monoisotopic (exact) mass is 356 g/mol. The molecule has 0 heterocycles. The minimum absolute atomic E-state index is 0.0268. The van der Waals surface area contributed by atoms with E-state index in [0.717, 1.165) is 0 Å². The van der Waals surface area contributed by atoms with Crippen molar-refractivity contribution in [2.24, 2.45) is 0 Å². The van der Waals surface area contributed by atoms with Gasteiger partial charge in [0, 0.05) is 12.9 Å². The highest BCUT2D eigenvalue weighted by Crippen LogP contribution is 2.30. The molecule has 0 N–H and O–H groups in total. The fourth-order valence-corrected chi connectivity index (χ4v) is 4.87. The van der Waals surface area contributed by atoms with E-state index in [1.165, 1.54) is 7.11 Å². The molecule has 0 saturated carbocycles. The van der Waals surface area contributed by atoms with E-state index in [0.29, 0.717) is 12.5 Å². The molecule has 0 aliphatic heterocycles. The third kappa shape index (κ3) is 7.01. The van der Waals surface area contributed by atoms with E-state index in [4.69, 9.17) is 4.43 Å². The maximum Gasteiger partial charge on any atom is 0.480 e. The zero-order valence-corrected chi connectivity index (χ0v) is 13.9. The normalized spacial score (nSPS) is 14.5. The maximum absolute atomic E-state index is 12.0. The largest absolute Gasteiger partial charge is 0.480 e. The lowest BCUT2D eigenvalue weighted by Crippen LogP contribution is -2.28. The van der Waals surface area contributed by atoms with Crippen molar-refractivity contribution < 1.29 is 34.4 Å². The summed E-state index contributed by atoms with van der Waals surface area (Å²) < 4.78 is 86.9. The Morgan fingerprint density at radius 3 is 2.00 bits per heavy atom. The second-order valence-electron chi connectivity index (χ2n) is 4.70. The van der Waals surface area contributed by atoms with Gasteiger partial charge in [0.25, 0.3) is 0 Å². The van der Waals surface area contributed by atoms with Crippen LogP contribution in [0.15, 0.2) is 0 Å². The molecule has 0 rings (SSSR count). The Morgan fingerprint density at radius 2 is 1.60 bits per heavy atom. The number of alkyl halides is 3. The van der Waals surface area contributed by atoms with Gasteiger partial charge >= 0.3 is 5.51 Å². The molecular weight excluding hydrogens is 339 g/mol. The second-order valence-corrected chi connectivity index (χ2v) is 12.7. The van der Waals surface area contributed by atoms with Gasteiger partial charge in [-0.15, -0.1) is 0 Å². The summed E-state index contributed by atoms with van der Waals surface area (Å²) in [5, 5.41) is 0. The third-order valence-electron chi connectivity index (χ3n) is 2.49. The molecular formula is C8H17F3NO5S2Si-. The van der Waals surface area contributed by atoms with Gasteiger partial charge in [0.15, 0.2) is 18.3 Å². The van der Waals surface area contributed by atoms with E-state index < -0.39 is 39.6 Å². The van der Waals surface area contributed by atoms with Crippen molar-refractivity contribution in [1.29, 1.82) is 0 Å². The minimum Gasteiger partial charge on any atom is -0.428 e. The Hall–Kier alpha value is -0.173. The van der Waals surface area contributed by atoms with Crippen LogP contribution in [0.5, 0.6) is 0 Å². The smallest absolute Gasteiger partial charge is 0.428 e. The number of nitrogens with zero attached hydrogens (tertiary/aromatic N) is 1. The topological polar surface area (TPSA) is 91.6 Å². The molecule has 6 nitrogen and oxygen atoms in total. The van der Waals surface area contributed by atoms with Gasteiger partial charge in [0.05, 0.1) is 10.0 Å². The van der Waals surface area contributed by atoms with Crippen LogP contribution in [-0.2, 0) is 24.5 Å². The van der Waals surface area contributed by atoms with Crippen LogP contribution in [-0.4, -0.2) is 43.5 Å². The van der Waals surface area contributed by atoms with Crippen molar-refractivity contribution >= 4 is 28.4 Å². The summed E-state index contributed by atoms with van der Waals surface area (Å²) in [6.45, 7) is 3.81. The third-order valence-corrected chi connectivity index (χ3v) is 8.23. The van der Waals surface area contributed by atoms with Gasteiger partial charge in [0.1, 0.15) is 0 Å². The first kappa shape index (κ1) is 19.8. The molecule has 0 bridgehead atoms. The average molecular weight is 356 g/mol. The number of hydrogen-bond donors (Lipinski definition) is 0. The highest BCUT2D eigenvalue weighted by molar-refractivity contribution is 8.12. The zero-order chi connectivity index (χ0) is 16.2. The molecule has 20 heavy (non-hydrogen) atoms. The number of sulfonamides is 2. The first-order valence-corrected chi connectivity index (χ1v) is 11.7. The van der Waals surface area contributed by atoms with Gasteiger partial charge < -0.3 is 8.55 Å². The molecule has 0 spiro atoms. The molecule has 0 atom stereocenters. The summed E-state index contributed by atoms with van der Waals surface area (Å²) in [6.07, 6.45) is 0.437. The average Bonchev–Trinajstić information content (AvgIpc) is 2.21. The maximum atomic E-state index is 12.0. The van der Waals surface area contributed by atoms with Crippen LogP contribution in [0.3, 0.4) is 0 Å². The van der Waals surface area contributed by atoms with E-state index >= 15 is 0 Å². The van der Waals surface area contributed by atoms with Crippen molar-refractivity contribution in [1.82, 2.24) is 0 Å². The lowest BCUT2D eigenvalue weighted by Gasteiger charge is -2.23. The molecule has 0 unspecified atom stereocenters. The first-order valence-electron chi connectivity index (χ1n) is 5.56. The van der Waals surface area contributed by atoms with Crippen LogP contribution in [0.25, 0.3) is 4.13 Å². The number of hydrogen-bond acceptors (Lipinski definition) is 5. The molecule has 0 saturated heterocycles. The lowest BCUT2D eigenvalue weighted by molar-refractivity contribution is -0.0425. The Morgan fingerprint density at radius 1 is 1.10 bits per heavy atom. The molecule has 0 aromatic rings. The van der Waals surface area contributed by atoms with Gasteiger partial charge in [-0.3, -0.25) is 0 Å². The van der Waals surface area contributed by atoms with Gasteiger partial charge in [-0.25, -0.2) is 16.8 Å². The highest BCUT2D eigenvalue weighted by Gasteiger charge is 2.40. The van der Waals surface area contributed by atoms with Gasteiger partial charge in [0.2, 0.25) is 0 Å². The summed E-state index contributed by atoms with van der Waals surface area (Å²) in [5.41, 5.74) is -5.70. The SMILES string of the molecule is CO[Si](C)(C)CCCCS(=O)(=O)[N-]S(=O)(=O)C(F)(F)F. The lowest BCUT2D eigenvalue weighted by atomic mass is 10.4. The van der Waals surface area contributed by atoms with E-state index in [-0.39, 0.29) is 6.42 Å². The second kappa shape index (κ2) is 6.73. The predicted molar refractivity (Wildman–Crippen MR) is 70.7 cm³/mol. The highest BCUT2D eigenvalue weighted by atomic mass is 32.3. The van der Waals surface area contributed by atoms with Gasteiger partial charge in [-0.1, -0.05) is 6.42 Å². The van der Waals surface area contributed by atoms with Crippen LogP contribution in [0.1, 0.15) is 12.8 Å². The molecule has 0 aromatic heterocycles. The molecule has 0 aromatic carbocycles. The van der Waals surface area contributed by atoms with E-state index in [2.05, 4.69) is 0 Å². The fourth-order valence-electron chi connectivity index (χ4n) is 1.17. The summed E-state index contributed by atoms with van der Waals surface area (Å²) in [6, 6.07) is 0.616. The Labute approximate surface area is 117 Å². The molecule has 0 fully saturated rings. The Kier molecular flexibility index (Phi) is 6.67. The molecule has 122 valence electrons. The van der Waals surface area contributed by atoms with Crippen molar-refractivity contribution in [3.8, 4) is 0 Å². The Bertz CT molecular complexity index is 515. The van der Waals surface area contributed by atoms with Crippen LogP contribution < -0.4 is 0 Å². The van der Waals surface area contributed by atoms with Crippen LogP contribution >= 0.6 is 0 Å². The van der Waals surface area contributed by atoms with Crippen molar-refractivity contribution in [3.05, 3.63) is 4.13 Å². The van der Waals surface area contributed by atoms with Crippen LogP contribution in [0.4, 0.5) is 13.2 Å². The number of unbranched alkanes of at least 4 members (excludes halogenated alkanes) is 1. The van der Waals surface area contributed by atoms with Crippen LogP contribution in [0.2, 0.25) is 19.1 Å². The van der Waals surface area contributed by atoms with Crippen molar-refractivity contribution in [3.63, 3.8) is 0 Å². The molecule has 0 radical (unpaired) electrons. The van der Waals surface area contributed by atoms with Gasteiger partial charge in [-0.2, -0.15) is 13.2 Å². The molecule has 0 aliphatic rings. The van der Waals surface area contributed by atoms with Gasteiger partial charge in [-0.05, 0) is 25.6 Å². The predicted octanol–water partition coefficient (Wildman–Crippen LogP) is 2.17. The Balaban J connectivity index is 4.44. The summed E-state index contributed by atoms with van der Waals surface area (Å²) in [4.78, 5) is 0. The number of rotatable bonds is 8. The standard InChI is InChI=1S/C8H17F3NO5S2Si/c1-17-20(2,3)7-5-4-6-18(13,14)12-19(15,16)8(9,10)11/h4-7H2,1-3H3/q-1. The summed E-state index contributed by atoms with van der Waals surface area (Å²) in [7, 11) is -11.0. The van der Waals surface area contributed by atoms with Crippen LogP contribution in [0, 0.1) is 0 Å². The minimum atomic E-state index is -6.00.